The van der Waals surface area contributed by atoms with E-state index in [0.717, 1.165) is 22.2 Å². The number of hydrogen-bond acceptors (Lipinski definition) is 4. The molecule has 0 unspecified atom stereocenters. The van der Waals surface area contributed by atoms with Crippen molar-refractivity contribution in [2.45, 2.75) is 13.1 Å². The van der Waals surface area contributed by atoms with Crippen molar-refractivity contribution >= 4 is 16.7 Å². The Morgan fingerprint density at radius 1 is 1.29 bits per heavy atom. The number of aromatic nitrogens is 2. The smallest absolute Gasteiger partial charge is 0.269 e. The van der Waals surface area contributed by atoms with E-state index in [0.29, 0.717) is 13.1 Å². The SMILES string of the molecule is NCc1cn(Cc2cccc([N+](=O)[O-])c2)c2ncccc12. The minimum atomic E-state index is -0.388. The number of pyridine rings is 1. The molecule has 0 radical (unpaired) electrons. The lowest BCUT2D eigenvalue weighted by Crippen LogP contribution is -2.00. The molecule has 0 saturated carbocycles. The normalized spacial score (nSPS) is 10.9. The van der Waals surface area contributed by atoms with Crippen molar-refractivity contribution in [2.24, 2.45) is 5.73 Å². The van der Waals surface area contributed by atoms with E-state index in [-0.39, 0.29) is 10.6 Å². The van der Waals surface area contributed by atoms with E-state index in [2.05, 4.69) is 4.98 Å². The molecule has 2 N–H and O–H groups in total. The molecule has 0 atom stereocenters. The molecular weight excluding hydrogens is 268 g/mol. The first-order valence-corrected chi connectivity index (χ1v) is 6.55. The number of benzene rings is 1. The molecule has 2 heterocycles. The van der Waals surface area contributed by atoms with Gasteiger partial charge in [0.1, 0.15) is 5.65 Å². The van der Waals surface area contributed by atoms with Crippen LogP contribution in [0.2, 0.25) is 0 Å². The van der Waals surface area contributed by atoms with Crippen LogP contribution in [-0.2, 0) is 13.1 Å². The first-order valence-electron chi connectivity index (χ1n) is 6.55. The van der Waals surface area contributed by atoms with Gasteiger partial charge in [-0.25, -0.2) is 4.98 Å². The van der Waals surface area contributed by atoms with Gasteiger partial charge in [0.15, 0.2) is 0 Å². The van der Waals surface area contributed by atoms with Crippen molar-refractivity contribution in [3.8, 4) is 0 Å². The molecule has 1 aromatic carbocycles. The number of hydrogen-bond donors (Lipinski definition) is 1. The molecule has 0 spiro atoms. The summed E-state index contributed by atoms with van der Waals surface area (Å²) in [6.07, 6.45) is 3.68. The summed E-state index contributed by atoms with van der Waals surface area (Å²) in [5, 5.41) is 11.9. The van der Waals surface area contributed by atoms with E-state index >= 15 is 0 Å². The molecule has 106 valence electrons. The van der Waals surface area contributed by atoms with Crippen molar-refractivity contribution in [3.63, 3.8) is 0 Å². The van der Waals surface area contributed by atoms with Crippen molar-refractivity contribution < 1.29 is 4.92 Å². The number of nitro benzene ring substituents is 1. The summed E-state index contributed by atoms with van der Waals surface area (Å²) >= 11 is 0. The highest BCUT2D eigenvalue weighted by Gasteiger charge is 2.10. The molecule has 0 bridgehead atoms. The van der Waals surface area contributed by atoms with Crippen LogP contribution in [0.5, 0.6) is 0 Å². The Bertz CT molecular complexity index is 810. The third kappa shape index (κ3) is 2.48. The minimum Gasteiger partial charge on any atom is -0.328 e. The first kappa shape index (κ1) is 13.3. The van der Waals surface area contributed by atoms with Crippen LogP contribution in [0.25, 0.3) is 11.0 Å². The van der Waals surface area contributed by atoms with E-state index in [4.69, 9.17) is 5.73 Å². The Morgan fingerprint density at radius 2 is 2.14 bits per heavy atom. The van der Waals surface area contributed by atoms with Gasteiger partial charge in [-0.3, -0.25) is 10.1 Å². The molecule has 21 heavy (non-hydrogen) atoms. The predicted octanol–water partition coefficient (Wildman–Crippen LogP) is 2.45. The van der Waals surface area contributed by atoms with Gasteiger partial charge in [-0.1, -0.05) is 12.1 Å². The second kappa shape index (κ2) is 5.34. The van der Waals surface area contributed by atoms with Gasteiger partial charge >= 0.3 is 0 Å². The number of non-ortho nitro benzene ring substituents is 1. The predicted molar refractivity (Wildman–Crippen MR) is 79.8 cm³/mol. The fraction of sp³-hybridized carbons (Fsp3) is 0.133. The Hall–Kier alpha value is -2.73. The number of nitrogens with two attached hydrogens (primary N) is 1. The molecule has 6 nitrogen and oxygen atoms in total. The summed E-state index contributed by atoms with van der Waals surface area (Å²) in [7, 11) is 0. The number of nitro groups is 1. The zero-order chi connectivity index (χ0) is 14.8. The highest BCUT2D eigenvalue weighted by atomic mass is 16.6. The Morgan fingerprint density at radius 3 is 2.90 bits per heavy atom. The Labute approximate surface area is 121 Å². The fourth-order valence-corrected chi connectivity index (χ4v) is 2.44. The lowest BCUT2D eigenvalue weighted by molar-refractivity contribution is -0.384. The monoisotopic (exact) mass is 282 g/mol. The van der Waals surface area contributed by atoms with Gasteiger partial charge in [0.25, 0.3) is 5.69 Å². The lowest BCUT2D eigenvalue weighted by atomic mass is 10.2. The molecule has 0 amide bonds. The van der Waals surface area contributed by atoms with Gasteiger partial charge in [0.05, 0.1) is 4.92 Å². The largest absolute Gasteiger partial charge is 0.328 e. The zero-order valence-electron chi connectivity index (χ0n) is 11.3. The minimum absolute atomic E-state index is 0.0935. The van der Waals surface area contributed by atoms with Gasteiger partial charge < -0.3 is 10.3 Å². The molecule has 0 aliphatic carbocycles. The number of nitrogens with zero attached hydrogens (tertiary/aromatic N) is 3. The Balaban J connectivity index is 2.02. The van der Waals surface area contributed by atoms with Gasteiger partial charge in [0, 0.05) is 43.0 Å². The van der Waals surface area contributed by atoms with Crippen LogP contribution >= 0.6 is 0 Å². The van der Waals surface area contributed by atoms with Crippen LogP contribution in [-0.4, -0.2) is 14.5 Å². The third-order valence-corrected chi connectivity index (χ3v) is 3.41. The summed E-state index contributed by atoms with van der Waals surface area (Å²) < 4.78 is 1.97. The quantitative estimate of drug-likeness (QED) is 0.588. The van der Waals surface area contributed by atoms with E-state index in [1.165, 1.54) is 6.07 Å². The molecule has 0 fully saturated rings. The van der Waals surface area contributed by atoms with Gasteiger partial charge in [-0.15, -0.1) is 0 Å². The third-order valence-electron chi connectivity index (χ3n) is 3.41. The molecule has 3 aromatic rings. The highest BCUT2D eigenvalue weighted by molar-refractivity contribution is 5.80. The maximum absolute atomic E-state index is 10.8. The zero-order valence-corrected chi connectivity index (χ0v) is 11.3. The summed E-state index contributed by atoms with van der Waals surface area (Å²) in [4.78, 5) is 14.8. The van der Waals surface area contributed by atoms with Gasteiger partial charge in [0.2, 0.25) is 0 Å². The molecule has 0 aliphatic heterocycles. The average molecular weight is 282 g/mol. The second-order valence-corrected chi connectivity index (χ2v) is 4.79. The van der Waals surface area contributed by atoms with Crippen molar-refractivity contribution in [3.05, 3.63) is 70.0 Å². The van der Waals surface area contributed by atoms with E-state index < -0.39 is 0 Å². The maximum Gasteiger partial charge on any atom is 0.269 e. The Kier molecular flexibility index (Phi) is 3.37. The lowest BCUT2D eigenvalue weighted by Gasteiger charge is -2.04. The van der Waals surface area contributed by atoms with Crippen LogP contribution in [0.3, 0.4) is 0 Å². The highest BCUT2D eigenvalue weighted by Crippen LogP contribution is 2.21. The summed E-state index contributed by atoms with van der Waals surface area (Å²) in [5.74, 6) is 0. The van der Waals surface area contributed by atoms with Gasteiger partial charge in [-0.05, 0) is 23.3 Å². The average Bonchev–Trinajstić information content (AvgIpc) is 2.86. The van der Waals surface area contributed by atoms with Crippen molar-refractivity contribution in [1.29, 1.82) is 0 Å². The van der Waals surface area contributed by atoms with Crippen LogP contribution in [0, 0.1) is 10.1 Å². The molecule has 6 heteroatoms. The molecule has 0 saturated heterocycles. The summed E-state index contributed by atoms with van der Waals surface area (Å²) in [6, 6.07) is 10.5. The summed E-state index contributed by atoms with van der Waals surface area (Å²) in [5.41, 5.74) is 8.56. The first-order chi connectivity index (χ1) is 10.2. The molecule has 3 rings (SSSR count). The summed E-state index contributed by atoms with van der Waals surface area (Å²) in [6.45, 7) is 0.958. The van der Waals surface area contributed by atoms with Crippen molar-refractivity contribution in [2.75, 3.05) is 0 Å². The number of fused-ring (bicyclic) bond motifs is 1. The van der Waals surface area contributed by atoms with Crippen LogP contribution in [0.4, 0.5) is 5.69 Å². The second-order valence-electron chi connectivity index (χ2n) is 4.79. The van der Waals surface area contributed by atoms with E-state index in [9.17, 15) is 10.1 Å². The maximum atomic E-state index is 10.8. The van der Waals surface area contributed by atoms with Crippen molar-refractivity contribution in [1.82, 2.24) is 9.55 Å². The standard InChI is InChI=1S/C15H14N4O2/c16-8-12-10-18(15-14(12)5-2-6-17-15)9-11-3-1-4-13(7-11)19(20)21/h1-7,10H,8-9,16H2. The molecule has 0 aliphatic rings. The van der Waals surface area contributed by atoms with Crippen LogP contribution in [0.1, 0.15) is 11.1 Å². The van der Waals surface area contributed by atoms with Crippen LogP contribution in [0.15, 0.2) is 48.8 Å². The van der Waals surface area contributed by atoms with E-state index in [1.54, 1.807) is 18.3 Å². The molecular formula is C15H14N4O2. The topological polar surface area (TPSA) is 87.0 Å². The van der Waals surface area contributed by atoms with Gasteiger partial charge in [-0.2, -0.15) is 0 Å². The number of rotatable bonds is 4. The van der Waals surface area contributed by atoms with Crippen LogP contribution < -0.4 is 5.73 Å². The molecule has 2 aromatic heterocycles. The fourth-order valence-electron chi connectivity index (χ4n) is 2.44. The van der Waals surface area contributed by atoms with E-state index in [1.807, 2.05) is 29.0 Å².